The fourth-order valence-corrected chi connectivity index (χ4v) is 2.97. The quantitative estimate of drug-likeness (QED) is 0.413. The zero-order chi connectivity index (χ0) is 18.3. The molecule has 0 aliphatic rings. The van der Waals surface area contributed by atoms with Crippen molar-refractivity contribution in [1.29, 1.82) is 0 Å². The predicted octanol–water partition coefficient (Wildman–Crippen LogP) is 7.57. The maximum absolute atomic E-state index is 2.29. The molecule has 0 amide bonds. The molecule has 0 fully saturated rings. The summed E-state index contributed by atoms with van der Waals surface area (Å²) in [6.07, 6.45) is 11.3. The molecule has 0 N–H and O–H groups in total. The monoisotopic (exact) mass is 338 g/mol. The zero-order valence-corrected chi connectivity index (χ0v) is 17.0. The van der Waals surface area contributed by atoms with E-state index in [9.17, 15) is 0 Å². The third kappa shape index (κ3) is 9.48. The lowest BCUT2D eigenvalue weighted by molar-refractivity contribution is 0.717. The van der Waals surface area contributed by atoms with Crippen molar-refractivity contribution in [3.05, 3.63) is 70.8 Å². The van der Waals surface area contributed by atoms with Gasteiger partial charge in [-0.15, -0.1) is 0 Å². The average molecular weight is 339 g/mol. The molecule has 25 heavy (non-hydrogen) atoms. The molecule has 0 atom stereocenters. The lowest BCUT2D eigenvalue weighted by Crippen LogP contribution is -1.87. The van der Waals surface area contributed by atoms with Gasteiger partial charge >= 0.3 is 0 Å². The van der Waals surface area contributed by atoms with Crippen LogP contribution in [0.2, 0.25) is 0 Å². The molecule has 0 nitrogen and oxygen atoms in total. The molecule has 0 heterocycles. The van der Waals surface area contributed by atoms with Crippen LogP contribution in [0, 0.1) is 0 Å². The molecule has 0 radical (unpaired) electrons. The number of hydrogen-bond donors (Lipinski definition) is 0. The first-order valence-electron chi connectivity index (χ1n) is 10.4. The molecule has 138 valence electrons. The summed E-state index contributed by atoms with van der Waals surface area (Å²) in [6, 6.07) is 18.1. The van der Waals surface area contributed by atoms with Crippen LogP contribution in [-0.4, -0.2) is 0 Å². The Kier molecular flexibility index (Phi) is 11.8. The Hall–Kier alpha value is -1.56. The third-order valence-corrected chi connectivity index (χ3v) is 4.60. The van der Waals surface area contributed by atoms with Gasteiger partial charge in [0, 0.05) is 0 Å². The van der Waals surface area contributed by atoms with Gasteiger partial charge in [0.2, 0.25) is 0 Å². The summed E-state index contributed by atoms with van der Waals surface area (Å²) in [4.78, 5) is 0. The SMILES string of the molecule is CCCCCc1ccc(CCC)cc1.CCCc1ccc(CC)cc1. The van der Waals surface area contributed by atoms with Crippen molar-refractivity contribution in [2.24, 2.45) is 0 Å². The van der Waals surface area contributed by atoms with E-state index in [0.717, 1.165) is 6.42 Å². The number of aryl methyl sites for hydroxylation is 4. The van der Waals surface area contributed by atoms with E-state index >= 15 is 0 Å². The van der Waals surface area contributed by atoms with E-state index in [1.54, 1.807) is 0 Å². The molecule has 0 aliphatic carbocycles. The van der Waals surface area contributed by atoms with E-state index in [0.29, 0.717) is 0 Å². The van der Waals surface area contributed by atoms with Crippen molar-refractivity contribution < 1.29 is 0 Å². The maximum atomic E-state index is 2.29. The summed E-state index contributed by atoms with van der Waals surface area (Å²) in [5.74, 6) is 0. The second-order valence-corrected chi connectivity index (χ2v) is 6.94. The Labute approximate surface area is 156 Å². The molecule has 0 saturated carbocycles. The van der Waals surface area contributed by atoms with Crippen LogP contribution in [0.4, 0.5) is 0 Å². The van der Waals surface area contributed by atoms with Gasteiger partial charge in [-0.3, -0.25) is 0 Å². The van der Waals surface area contributed by atoms with E-state index < -0.39 is 0 Å². The fourth-order valence-electron chi connectivity index (χ4n) is 2.97. The van der Waals surface area contributed by atoms with Gasteiger partial charge in [0.25, 0.3) is 0 Å². The largest absolute Gasteiger partial charge is 0.0654 e. The summed E-state index contributed by atoms with van der Waals surface area (Å²) >= 11 is 0. The van der Waals surface area contributed by atoms with Gasteiger partial charge < -0.3 is 0 Å². The van der Waals surface area contributed by atoms with Gasteiger partial charge in [0.05, 0.1) is 0 Å². The Morgan fingerprint density at radius 2 is 0.840 bits per heavy atom. The van der Waals surface area contributed by atoms with Crippen LogP contribution in [-0.2, 0) is 25.7 Å². The van der Waals surface area contributed by atoms with Crippen molar-refractivity contribution in [3.63, 3.8) is 0 Å². The minimum Gasteiger partial charge on any atom is -0.0654 e. The molecule has 0 heteroatoms. The second-order valence-electron chi connectivity index (χ2n) is 6.94. The number of rotatable bonds is 9. The number of unbranched alkanes of at least 4 members (excludes halogenated alkanes) is 2. The highest BCUT2D eigenvalue weighted by atomic mass is 14.0. The number of hydrogen-bond acceptors (Lipinski definition) is 0. The van der Waals surface area contributed by atoms with Crippen LogP contribution >= 0.6 is 0 Å². The minimum absolute atomic E-state index is 1.15. The molecule has 0 spiro atoms. The lowest BCUT2D eigenvalue weighted by atomic mass is 10.0. The molecule has 0 aromatic heterocycles. The second kappa shape index (κ2) is 13.7. The van der Waals surface area contributed by atoms with Crippen molar-refractivity contribution in [1.82, 2.24) is 0 Å². The maximum Gasteiger partial charge on any atom is -0.0279 e. The predicted molar refractivity (Wildman–Crippen MR) is 113 cm³/mol. The van der Waals surface area contributed by atoms with E-state index in [4.69, 9.17) is 0 Å². The highest BCUT2D eigenvalue weighted by molar-refractivity contribution is 5.23. The normalized spacial score (nSPS) is 10.2. The minimum atomic E-state index is 1.15. The smallest absolute Gasteiger partial charge is 0.0279 e. The summed E-state index contributed by atoms with van der Waals surface area (Å²) in [5.41, 5.74) is 5.87. The molecule has 2 aromatic carbocycles. The standard InChI is InChI=1S/C14H22.C11H16/c1-3-5-6-8-14-11-9-13(7-4-2)10-12-14;1-3-5-11-8-6-10(4-2)7-9-11/h9-12H,3-8H2,1-2H3;6-9H,3-5H2,1-2H3. The van der Waals surface area contributed by atoms with Crippen molar-refractivity contribution in [2.45, 2.75) is 85.5 Å². The Morgan fingerprint density at radius 1 is 0.440 bits per heavy atom. The van der Waals surface area contributed by atoms with Gasteiger partial charge in [-0.1, -0.05) is 102 Å². The summed E-state index contributed by atoms with van der Waals surface area (Å²) in [7, 11) is 0. The summed E-state index contributed by atoms with van der Waals surface area (Å²) in [5, 5.41) is 0. The molecular formula is C25H38. The molecular weight excluding hydrogens is 300 g/mol. The summed E-state index contributed by atoms with van der Waals surface area (Å²) < 4.78 is 0. The Balaban J connectivity index is 0.000000257. The van der Waals surface area contributed by atoms with E-state index in [2.05, 4.69) is 76.2 Å². The van der Waals surface area contributed by atoms with Gasteiger partial charge in [-0.25, -0.2) is 0 Å². The van der Waals surface area contributed by atoms with E-state index in [1.807, 2.05) is 0 Å². The third-order valence-electron chi connectivity index (χ3n) is 4.60. The molecule has 0 aliphatic heterocycles. The lowest BCUT2D eigenvalue weighted by Gasteiger charge is -2.02. The number of benzene rings is 2. The van der Waals surface area contributed by atoms with Gasteiger partial charge in [0.15, 0.2) is 0 Å². The van der Waals surface area contributed by atoms with Crippen LogP contribution in [0.1, 0.15) is 82.1 Å². The molecule has 0 saturated heterocycles. The first kappa shape index (κ1) is 21.5. The van der Waals surface area contributed by atoms with Crippen molar-refractivity contribution in [2.75, 3.05) is 0 Å². The first-order valence-corrected chi connectivity index (χ1v) is 10.4. The average Bonchev–Trinajstić information content (AvgIpc) is 2.65. The van der Waals surface area contributed by atoms with Gasteiger partial charge in [-0.05, 0) is 54.4 Å². The Bertz CT molecular complexity index is 533. The highest BCUT2D eigenvalue weighted by Gasteiger charge is 1.94. The molecule has 2 rings (SSSR count). The van der Waals surface area contributed by atoms with Crippen LogP contribution in [0.25, 0.3) is 0 Å². The van der Waals surface area contributed by atoms with E-state index in [1.165, 1.54) is 73.6 Å². The Morgan fingerprint density at radius 3 is 1.20 bits per heavy atom. The fraction of sp³-hybridized carbons (Fsp3) is 0.520. The van der Waals surface area contributed by atoms with Crippen LogP contribution in [0.5, 0.6) is 0 Å². The van der Waals surface area contributed by atoms with Gasteiger partial charge in [0.1, 0.15) is 0 Å². The van der Waals surface area contributed by atoms with Crippen LogP contribution in [0.15, 0.2) is 48.5 Å². The topological polar surface area (TPSA) is 0 Å². The highest BCUT2D eigenvalue weighted by Crippen LogP contribution is 2.10. The van der Waals surface area contributed by atoms with Gasteiger partial charge in [-0.2, -0.15) is 0 Å². The molecule has 0 bridgehead atoms. The molecule has 0 unspecified atom stereocenters. The van der Waals surface area contributed by atoms with Crippen LogP contribution < -0.4 is 0 Å². The molecule has 2 aromatic rings. The van der Waals surface area contributed by atoms with E-state index in [-0.39, 0.29) is 0 Å². The summed E-state index contributed by atoms with van der Waals surface area (Å²) in [6.45, 7) is 8.89. The first-order chi connectivity index (χ1) is 12.2. The van der Waals surface area contributed by atoms with Crippen molar-refractivity contribution in [3.8, 4) is 0 Å². The van der Waals surface area contributed by atoms with Crippen LogP contribution in [0.3, 0.4) is 0 Å². The zero-order valence-electron chi connectivity index (χ0n) is 17.0. The van der Waals surface area contributed by atoms with Crippen molar-refractivity contribution >= 4 is 0 Å².